The Morgan fingerprint density at radius 2 is 1.59 bits per heavy atom. The first kappa shape index (κ1) is 17.1. The Hall–Kier alpha value is -1.31. The minimum Gasteiger partial charge on any atom is -0.304 e. The van der Waals surface area contributed by atoms with Crippen LogP contribution in [-0.4, -0.2) is 24.5 Å². The first-order valence-corrected chi connectivity index (χ1v) is 8.60. The fourth-order valence-electron chi connectivity index (χ4n) is 2.77. The summed E-state index contributed by atoms with van der Waals surface area (Å²) >= 11 is 6.27. The van der Waals surface area contributed by atoms with E-state index in [2.05, 4.69) is 56.0 Å². The van der Waals surface area contributed by atoms with Crippen LogP contribution >= 0.6 is 11.6 Å². The van der Waals surface area contributed by atoms with Crippen LogP contribution in [0.15, 0.2) is 48.5 Å². The van der Waals surface area contributed by atoms with Crippen molar-refractivity contribution in [1.29, 1.82) is 0 Å². The van der Waals surface area contributed by atoms with Gasteiger partial charge in [0.25, 0.3) is 0 Å². The van der Waals surface area contributed by atoms with Gasteiger partial charge in [0.2, 0.25) is 0 Å². The standard InChI is InChI=1S/C20H26ClN/c1-4-22(5-2)15-14-16(3)17-10-12-18(13-11-17)19-8-6-7-9-20(19)21/h6-13,16H,4-5,14-15H2,1-3H3. The third kappa shape index (κ3) is 4.34. The van der Waals surface area contributed by atoms with Gasteiger partial charge in [-0.2, -0.15) is 0 Å². The topological polar surface area (TPSA) is 3.24 Å². The van der Waals surface area contributed by atoms with Gasteiger partial charge >= 0.3 is 0 Å². The van der Waals surface area contributed by atoms with E-state index in [4.69, 9.17) is 11.6 Å². The van der Waals surface area contributed by atoms with Crippen molar-refractivity contribution in [2.24, 2.45) is 0 Å². The zero-order valence-corrected chi connectivity index (χ0v) is 14.6. The summed E-state index contributed by atoms with van der Waals surface area (Å²) in [6.45, 7) is 10.2. The van der Waals surface area contributed by atoms with Crippen molar-refractivity contribution in [2.45, 2.75) is 33.1 Å². The van der Waals surface area contributed by atoms with Crippen molar-refractivity contribution >= 4 is 11.6 Å². The van der Waals surface area contributed by atoms with Crippen molar-refractivity contribution in [3.8, 4) is 11.1 Å². The van der Waals surface area contributed by atoms with Crippen LogP contribution in [0, 0.1) is 0 Å². The van der Waals surface area contributed by atoms with E-state index in [-0.39, 0.29) is 0 Å². The second-order valence-corrected chi connectivity index (χ2v) is 6.23. The molecule has 0 radical (unpaired) electrons. The molecule has 2 heteroatoms. The Morgan fingerprint density at radius 1 is 0.955 bits per heavy atom. The van der Waals surface area contributed by atoms with Gasteiger partial charge in [-0.05, 0) is 49.2 Å². The van der Waals surface area contributed by atoms with Crippen molar-refractivity contribution in [2.75, 3.05) is 19.6 Å². The molecule has 0 saturated heterocycles. The van der Waals surface area contributed by atoms with E-state index >= 15 is 0 Å². The highest BCUT2D eigenvalue weighted by atomic mass is 35.5. The summed E-state index contributed by atoms with van der Waals surface area (Å²) in [5.74, 6) is 0.584. The Labute approximate surface area is 139 Å². The quantitative estimate of drug-likeness (QED) is 0.620. The van der Waals surface area contributed by atoms with Gasteiger partial charge in [-0.25, -0.2) is 0 Å². The van der Waals surface area contributed by atoms with E-state index in [0.717, 1.165) is 23.7 Å². The van der Waals surface area contributed by atoms with Crippen LogP contribution in [0.25, 0.3) is 11.1 Å². The lowest BCUT2D eigenvalue weighted by atomic mass is 9.95. The predicted molar refractivity (Wildman–Crippen MR) is 97.7 cm³/mol. The molecule has 0 bridgehead atoms. The Bertz CT molecular complexity index is 573. The van der Waals surface area contributed by atoms with Crippen LogP contribution in [0.2, 0.25) is 5.02 Å². The SMILES string of the molecule is CCN(CC)CCC(C)c1ccc(-c2ccccc2Cl)cc1. The lowest BCUT2D eigenvalue weighted by Crippen LogP contribution is -2.24. The van der Waals surface area contributed by atoms with Crippen molar-refractivity contribution in [3.63, 3.8) is 0 Å². The molecule has 118 valence electrons. The van der Waals surface area contributed by atoms with E-state index in [9.17, 15) is 0 Å². The Morgan fingerprint density at radius 3 is 2.18 bits per heavy atom. The second-order valence-electron chi connectivity index (χ2n) is 5.82. The molecule has 0 saturated carbocycles. The molecule has 0 aliphatic rings. The molecule has 0 N–H and O–H groups in total. The van der Waals surface area contributed by atoms with Crippen molar-refractivity contribution < 1.29 is 0 Å². The number of benzene rings is 2. The maximum absolute atomic E-state index is 6.27. The monoisotopic (exact) mass is 315 g/mol. The fourth-order valence-corrected chi connectivity index (χ4v) is 3.01. The summed E-state index contributed by atoms with van der Waals surface area (Å²) in [6, 6.07) is 16.9. The molecule has 0 amide bonds. The highest BCUT2D eigenvalue weighted by Crippen LogP contribution is 2.29. The molecule has 0 spiro atoms. The highest BCUT2D eigenvalue weighted by Gasteiger charge is 2.09. The minimum atomic E-state index is 0.584. The zero-order chi connectivity index (χ0) is 15.9. The molecule has 22 heavy (non-hydrogen) atoms. The number of hydrogen-bond acceptors (Lipinski definition) is 1. The molecule has 2 aromatic carbocycles. The smallest absolute Gasteiger partial charge is 0.0484 e. The van der Waals surface area contributed by atoms with Crippen LogP contribution in [0.1, 0.15) is 38.7 Å². The number of hydrogen-bond donors (Lipinski definition) is 0. The molecular weight excluding hydrogens is 290 g/mol. The van der Waals surface area contributed by atoms with Crippen LogP contribution in [-0.2, 0) is 0 Å². The molecule has 0 aromatic heterocycles. The van der Waals surface area contributed by atoms with Crippen molar-refractivity contribution in [3.05, 3.63) is 59.1 Å². The third-order valence-corrected chi connectivity index (χ3v) is 4.77. The Kier molecular flexibility index (Phi) is 6.48. The molecule has 0 aliphatic heterocycles. The van der Waals surface area contributed by atoms with Gasteiger partial charge in [0.05, 0.1) is 0 Å². The fraction of sp³-hybridized carbons (Fsp3) is 0.400. The molecule has 0 fully saturated rings. The summed E-state index contributed by atoms with van der Waals surface area (Å²) in [5.41, 5.74) is 3.69. The largest absolute Gasteiger partial charge is 0.304 e. The van der Waals surface area contributed by atoms with Crippen LogP contribution < -0.4 is 0 Å². The molecule has 2 aromatic rings. The number of rotatable bonds is 7. The van der Waals surface area contributed by atoms with Crippen molar-refractivity contribution in [1.82, 2.24) is 4.90 Å². The van der Waals surface area contributed by atoms with Gasteiger partial charge in [0.1, 0.15) is 0 Å². The second kappa shape index (κ2) is 8.36. The van der Waals surface area contributed by atoms with E-state index in [1.54, 1.807) is 0 Å². The molecule has 0 heterocycles. The first-order valence-electron chi connectivity index (χ1n) is 8.22. The normalized spacial score (nSPS) is 12.6. The number of halogens is 1. The molecule has 1 unspecified atom stereocenters. The highest BCUT2D eigenvalue weighted by molar-refractivity contribution is 6.33. The molecular formula is C20H26ClN. The van der Waals surface area contributed by atoms with Crippen LogP contribution in [0.5, 0.6) is 0 Å². The molecule has 1 atom stereocenters. The van der Waals surface area contributed by atoms with Gasteiger partial charge < -0.3 is 4.90 Å². The average molecular weight is 316 g/mol. The summed E-state index contributed by atoms with van der Waals surface area (Å²) in [4.78, 5) is 2.48. The van der Waals surface area contributed by atoms with E-state index < -0.39 is 0 Å². The van der Waals surface area contributed by atoms with Gasteiger partial charge in [0, 0.05) is 10.6 Å². The van der Waals surface area contributed by atoms with Gasteiger partial charge in [-0.15, -0.1) is 0 Å². The summed E-state index contributed by atoms with van der Waals surface area (Å²) < 4.78 is 0. The van der Waals surface area contributed by atoms with Crippen LogP contribution in [0.4, 0.5) is 0 Å². The summed E-state index contributed by atoms with van der Waals surface area (Å²) in [7, 11) is 0. The zero-order valence-electron chi connectivity index (χ0n) is 13.8. The van der Waals surface area contributed by atoms with Gasteiger partial charge in [-0.1, -0.05) is 74.8 Å². The van der Waals surface area contributed by atoms with E-state index in [0.29, 0.717) is 5.92 Å². The maximum Gasteiger partial charge on any atom is 0.0484 e. The third-order valence-electron chi connectivity index (χ3n) is 4.44. The van der Waals surface area contributed by atoms with Crippen LogP contribution in [0.3, 0.4) is 0 Å². The minimum absolute atomic E-state index is 0.584. The van der Waals surface area contributed by atoms with E-state index in [1.807, 2.05) is 18.2 Å². The molecule has 0 aliphatic carbocycles. The number of nitrogens with zero attached hydrogens (tertiary/aromatic N) is 1. The van der Waals surface area contributed by atoms with Gasteiger partial charge in [0.15, 0.2) is 0 Å². The van der Waals surface area contributed by atoms with E-state index in [1.165, 1.54) is 24.1 Å². The summed E-state index contributed by atoms with van der Waals surface area (Å²) in [5, 5.41) is 0.810. The Balaban J connectivity index is 2.04. The lowest BCUT2D eigenvalue weighted by molar-refractivity contribution is 0.292. The average Bonchev–Trinajstić information content (AvgIpc) is 2.56. The molecule has 1 nitrogen and oxygen atoms in total. The first-order chi connectivity index (χ1) is 10.7. The van der Waals surface area contributed by atoms with Gasteiger partial charge in [-0.3, -0.25) is 0 Å². The lowest BCUT2D eigenvalue weighted by Gasteiger charge is -2.21. The predicted octanol–water partition coefficient (Wildman–Crippen LogP) is 5.84. The maximum atomic E-state index is 6.27. The molecule has 2 rings (SSSR count). The summed E-state index contributed by atoms with van der Waals surface area (Å²) in [6.07, 6.45) is 1.20.